The summed E-state index contributed by atoms with van der Waals surface area (Å²) in [5.41, 5.74) is 3.79. The van der Waals surface area contributed by atoms with Crippen LogP contribution in [0.25, 0.3) is 10.9 Å². The summed E-state index contributed by atoms with van der Waals surface area (Å²) in [5.74, 6) is 0. The molecule has 3 rings (SSSR count). The minimum absolute atomic E-state index is 0.644. The van der Waals surface area contributed by atoms with Gasteiger partial charge in [0.2, 0.25) is 0 Å². The predicted octanol–water partition coefficient (Wildman–Crippen LogP) is 3.38. The second-order valence-electron chi connectivity index (χ2n) is 5.31. The highest BCUT2D eigenvalue weighted by Gasteiger charge is 2.13. The summed E-state index contributed by atoms with van der Waals surface area (Å²) in [6.45, 7) is 0. The lowest BCUT2D eigenvalue weighted by Gasteiger charge is -2.16. The molecule has 1 atom stereocenters. The number of aliphatic hydroxyl groups is 1. The van der Waals surface area contributed by atoms with Gasteiger partial charge in [-0.3, -0.25) is 4.98 Å². The van der Waals surface area contributed by atoms with E-state index in [-0.39, 0.29) is 0 Å². The molecule has 0 aliphatic carbocycles. The van der Waals surface area contributed by atoms with Gasteiger partial charge in [0, 0.05) is 31.4 Å². The first kappa shape index (κ1) is 13.6. The Bertz CT molecular complexity index is 745. The Morgan fingerprint density at radius 3 is 2.43 bits per heavy atom. The van der Waals surface area contributed by atoms with Gasteiger partial charge in [-0.1, -0.05) is 30.3 Å². The Morgan fingerprint density at radius 1 is 0.952 bits per heavy atom. The van der Waals surface area contributed by atoms with Crippen LogP contribution in [0.1, 0.15) is 17.2 Å². The first-order valence-electron chi connectivity index (χ1n) is 6.96. The molecule has 0 bridgehead atoms. The van der Waals surface area contributed by atoms with E-state index in [4.69, 9.17) is 0 Å². The van der Waals surface area contributed by atoms with Gasteiger partial charge < -0.3 is 10.0 Å². The monoisotopic (exact) mass is 278 g/mol. The average Bonchev–Trinajstić information content (AvgIpc) is 2.53. The lowest BCUT2D eigenvalue weighted by molar-refractivity contribution is 0.222. The summed E-state index contributed by atoms with van der Waals surface area (Å²) in [6, 6.07) is 17.7. The van der Waals surface area contributed by atoms with Crippen LogP contribution in [0.4, 0.5) is 5.69 Å². The van der Waals surface area contributed by atoms with E-state index in [1.54, 1.807) is 6.20 Å². The van der Waals surface area contributed by atoms with Gasteiger partial charge in [-0.2, -0.15) is 0 Å². The van der Waals surface area contributed by atoms with Crippen molar-refractivity contribution in [2.45, 2.75) is 6.10 Å². The Morgan fingerprint density at radius 2 is 1.71 bits per heavy atom. The molecule has 1 N–H and O–H groups in total. The third kappa shape index (κ3) is 2.60. The lowest BCUT2D eigenvalue weighted by Crippen LogP contribution is -2.08. The third-order valence-corrected chi connectivity index (χ3v) is 3.70. The van der Waals surface area contributed by atoms with Gasteiger partial charge in [-0.15, -0.1) is 0 Å². The van der Waals surface area contributed by atoms with Crippen molar-refractivity contribution in [1.29, 1.82) is 0 Å². The summed E-state index contributed by atoms with van der Waals surface area (Å²) in [7, 11) is 4.00. The molecule has 0 saturated heterocycles. The Kier molecular flexibility index (Phi) is 3.59. The molecule has 2 aromatic carbocycles. The maximum Gasteiger partial charge on any atom is 0.105 e. The summed E-state index contributed by atoms with van der Waals surface area (Å²) in [5, 5.41) is 11.7. The van der Waals surface area contributed by atoms with Crippen LogP contribution in [0.5, 0.6) is 0 Å². The van der Waals surface area contributed by atoms with Crippen molar-refractivity contribution in [3.05, 3.63) is 71.9 Å². The largest absolute Gasteiger partial charge is 0.384 e. The van der Waals surface area contributed by atoms with Gasteiger partial charge in [-0.25, -0.2) is 0 Å². The van der Waals surface area contributed by atoms with Crippen LogP contribution in [0.15, 0.2) is 60.8 Å². The van der Waals surface area contributed by atoms with Gasteiger partial charge in [-0.05, 0) is 35.4 Å². The smallest absolute Gasteiger partial charge is 0.105 e. The average molecular weight is 278 g/mol. The Labute approximate surface area is 124 Å². The molecule has 0 saturated carbocycles. The van der Waals surface area contributed by atoms with Crippen LogP contribution in [-0.4, -0.2) is 24.2 Å². The highest BCUT2D eigenvalue weighted by Crippen LogP contribution is 2.28. The molecule has 0 amide bonds. The van der Waals surface area contributed by atoms with Crippen molar-refractivity contribution in [3.63, 3.8) is 0 Å². The van der Waals surface area contributed by atoms with E-state index in [9.17, 15) is 5.11 Å². The van der Waals surface area contributed by atoms with E-state index >= 15 is 0 Å². The van der Waals surface area contributed by atoms with Gasteiger partial charge in [0.25, 0.3) is 0 Å². The molecule has 1 heterocycles. The number of fused-ring (bicyclic) bond motifs is 1. The fourth-order valence-electron chi connectivity index (χ4n) is 2.50. The fourth-order valence-corrected chi connectivity index (χ4v) is 2.50. The minimum atomic E-state index is -0.644. The van der Waals surface area contributed by atoms with Crippen LogP contribution < -0.4 is 4.90 Å². The number of hydrogen-bond acceptors (Lipinski definition) is 3. The number of pyridine rings is 1. The molecular weight excluding hydrogens is 260 g/mol. The summed E-state index contributed by atoms with van der Waals surface area (Å²) >= 11 is 0. The van der Waals surface area contributed by atoms with Crippen LogP contribution in [0.2, 0.25) is 0 Å². The predicted molar refractivity (Wildman–Crippen MR) is 86.6 cm³/mol. The molecule has 1 unspecified atom stereocenters. The van der Waals surface area contributed by atoms with Gasteiger partial charge in [0.1, 0.15) is 6.10 Å². The second-order valence-corrected chi connectivity index (χ2v) is 5.31. The van der Waals surface area contributed by atoms with Crippen LogP contribution in [-0.2, 0) is 0 Å². The number of hydrogen-bond donors (Lipinski definition) is 1. The third-order valence-electron chi connectivity index (χ3n) is 3.70. The van der Waals surface area contributed by atoms with Gasteiger partial charge >= 0.3 is 0 Å². The van der Waals surface area contributed by atoms with E-state index in [1.165, 1.54) is 0 Å². The van der Waals surface area contributed by atoms with E-state index in [0.717, 1.165) is 27.7 Å². The normalized spacial score (nSPS) is 12.3. The van der Waals surface area contributed by atoms with Crippen molar-refractivity contribution in [1.82, 2.24) is 4.98 Å². The zero-order valence-electron chi connectivity index (χ0n) is 12.2. The Balaban J connectivity index is 2.02. The number of aliphatic hydroxyl groups excluding tert-OH is 1. The number of nitrogens with zero attached hydrogens (tertiary/aromatic N) is 2. The summed E-state index contributed by atoms with van der Waals surface area (Å²) in [6.07, 6.45) is 1.12. The highest BCUT2D eigenvalue weighted by molar-refractivity contribution is 5.82. The molecule has 3 heteroatoms. The molecule has 0 fully saturated rings. The number of rotatable bonds is 3. The number of anilines is 1. The van der Waals surface area contributed by atoms with Crippen molar-refractivity contribution >= 4 is 16.6 Å². The van der Waals surface area contributed by atoms with Crippen LogP contribution in [0, 0.1) is 0 Å². The highest BCUT2D eigenvalue weighted by atomic mass is 16.3. The number of benzene rings is 2. The molecule has 3 aromatic rings. The van der Waals surface area contributed by atoms with Crippen molar-refractivity contribution in [2.24, 2.45) is 0 Å². The number of aromatic nitrogens is 1. The lowest BCUT2D eigenvalue weighted by atomic mass is 9.97. The van der Waals surface area contributed by atoms with E-state index in [2.05, 4.69) is 4.98 Å². The molecule has 3 nitrogen and oxygen atoms in total. The fraction of sp³-hybridized carbons (Fsp3) is 0.167. The van der Waals surface area contributed by atoms with Gasteiger partial charge in [0.15, 0.2) is 0 Å². The Hall–Kier alpha value is -2.39. The molecule has 106 valence electrons. The summed E-state index contributed by atoms with van der Waals surface area (Å²) in [4.78, 5) is 6.38. The molecule has 21 heavy (non-hydrogen) atoms. The maximum atomic E-state index is 10.7. The molecule has 1 aromatic heterocycles. The van der Waals surface area contributed by atoms with Crippen molar-refractivity contribution < 1.29 is 5.11 Å². The molecule has 0 spiro atoms. The van der Waals surface area contributed by atoms with Crippen molar-refractivity contribution in [2.75, 3.05) is 19.0 Å². The topological polar surface area (TPSA) is 36.4 Å². The molecule has 0 radical (unpaired) electrons. The van der Waals surface area contributed by atoms with Crippen LogP contribution in [0.3, 0.4) is 0 Å². The van der Waals surface area contributed by atoms with E-state index in [0.29, 0.717) is 0 Å². The molecule has 0 aliphatic rings. The van der Waals surface area contributed by atoms with Gasteiger partial charge in [0.05, 0.1) is 5.52 Å². The van der Waals surface area contributed by atoms with E-state index in [1.807, 2.05) is 73.6 Å². The molecular formula is C18H18N2O. The summed E-state index contributed by atoms with van der Waals surface area (Å²) < 4.78 is 0. The zero-order valence-corrected chi connectivity index (χ0v) is 12.2. The SMILES string of the molecule is CN(C)c1ccc(C(O)c2cccc3ncccc23)cc1. The second kappa shape index (κ2) is 5.54. The van der Waals surface area contributed by atoms with Crippen LogP contribution >= 0.6 is 0 Å². The van der Waals surface area contributed by atoms with Crippen molar-refractivity contribution in [3.8, 4) is 0 Å². The van der Waals surface area contributed by atoms with E-state index < -0.39 is 6.10 Å². The maximum absolute atomic E-state index is 10.7. The standard InChI is InChI=1S/C18H18N2O/c1-20(2)14-10-8-13(9-11-14)18(21)16-5-3-7-17-15(16)6-4-12-19-17/h3-12,18,21H,1-2H3. The molecule has 0 aliphatic heterocycles. The first-order chi connectivity index (χ1) is 10.2. The minimum Gasteiger partial charge on any atom is -0.384 e. The first-order valence-corrected chi connectivity index (χ1v) is 6.96. The zero-order chi connectivity index (χ0) is 14.8. The quantitative estimate of drug-likeness (QED) is 0.798.